The Labute approximate surface area is 61.0 Å². The molecule has 0 rings (SSSR count). The van der Waals surface area contributed by atoms with Crippen molar-refractivity contribution in [3.05, 3.63) is 12.2 Å². The summed E-state index contributed by atoms with van der Waals surface area (Å²) >= 11 is 0. The van der Waals surface area contributed by atoms with Gasteiger partial charge in [0.25, 0.3) is 0 Å². The van der Waals surface area contributed by atoms with Gasteiger partial charge in [0, 0.05) is 12.6 Å². The average molecular weight is 143 g/mol. The number of hydrogen-bond donors (Lipinski definition) is 1. The van der Waals surface area contributed by atoms with E-state index >= 15 is 0 Å². The molecule has 0 aliphatic heterocycles. The number of carboxylic acids is 1. The summed E-state index contributed by atoms with van der Waals surface area (Å²) in [5, 5.41) is 8.18. The third kappa shape index (κ3) is 7.17. The van der Waals surface area contributed by atoms with Gasteiger partial charge in [0.1, 0.15) is 0 Å². The molecular weight excluding hydrogens is 130 g/mol. The zero-order valence-corrected chi connectivity index (χ0v) is 6.37. The monoisotopic (exact) mass is 143 g/mol. The summed E-state index contributed by atoms with van der Waals surface area (Å²) in [6, 6.07) is 0. The van der Waals surface area contributed by atoms with E-state index in [-0.39, 0.29) is 0 Å². The molecule has 0 amide bonds. The molecule has 0 saturated carbocycles. The molecule has 0 aliphatic rings. The van der Waals surface area contributed by atoms with E-state index in [1.54, 1.807) is 6.08 Å². The van der Waals surface area contributed by atoms with Crippen LogP contribution in [0, 0.1) is 0 Å². The molecule has 0 heterocycles. The van der Waals surface area contributed by atoms with Gasteiger partial charge >= 0.3 is 5.97 Å². The topological polar surface area (TPSA) is 40.5 Å². The third-order valence-corrected chi connectivity index (χ3v) is 1.00. The van der Waals surface area contributed by atoms with Crippen LogP contribution in [-0.4, -0.2) is 36.6 Å². The van der Waals surface area contributed by atoms with Crippen molar-refractivity contribution in [3.8, 4) is 0 Å². The van der Waals surface area contributed by atoms with Crippen LogP contribution in [0.3, 0.4) is 0 Å². The minimum Gasteiger partial charge on any atom is -0.478 e. The molecule has 58 valence electrons. The van der Waals surface area contributed by atoms with Crippen LogP contribution >= 0.6 is 0 Å². The van der Waals surface area contributed by atoms with E-state index in [1.807, 2.05) is 19.0 Å². The predicted octanol–water partition coefficient (Wildman–Crippen LogP) is 0.579. The SMILES string of the molecule is CN(C)CC/C=C/C(=O)O. The van der Waals surface area contributed by atoms with Crippen LogP contribution in [0.25, 0.3) is 0 Å². The van der Waals surface area contributed by atoms with Crippen LogP contribution in [0.4, 0.5) is 0 Å². The molecule has 0 saturated heterocycles. The van der Waals surface area contributed by atoms with Crippen molar-refractivity contribution in [1.82, 2.24) is 4.90 Å². The molecule has 0 spiro atoms. The van der Waals surface area contributed by atoms with Crippen molar-refractivity contribution >= 4 is 5.97 Å². The Balaban J connectivity index is 3.27. The fraction of sp³-hybridized carbons (Fsp3) is 0.571. The van der Waals surface area contributed by atoms with Crippen LogP contribution in [-0.2, 0) is 4.79 Å². The lowest BCUT2D eigenvalue weighted by atomic mass is 10.3. The second-order valence-electron chi connectivity index (χ2n) is 2.33. The molecule has 10 heavy (non-hydrogen) atoms. The molecule has 0 fully saturated rings. The maximum atomic E-state index is 9.94. The highest BCUT2D eigenvalue weighted by Gasteiger charge is 1.87. The summed E-state index contributed by atoms with van der Waals surface area (Å²) in [5.74, 6) is -0.876. The zero-order chi connectivity index (χ0) is 7.98. The Morgan fingerprint density at radius 1 is 1.60 bits per heavy atom. The summed E-state index contributed by atoms with van der Waals surface area (Å²) in [5.41, 5.74) is 0. The van der Waals surface area contributed by atoms with Gasteiger partial charge in [-0.2, -0.15) is 0 Å². The van der Waals surface area contributed by atoms with Gasteiger partial charge in [-0.25, -0.2) is 4.79 Å². The first-order valence-corrected chi connectivity index (χ1v) is 3.17. The predicted molar refractivity (Wildman–Crippen MR) is 39.9 cm³/mol. The maximum absolute atomic E-state index is 9.94. The van der Waals surface area contributed by atoms with Gasteiger partial charge in [-0.05, 0) is 20.5 Å². The van der Waals surface area contributed by atoms with Crippen LogP contribution < -0.4 is 0 Å². The molecule has 3 heteroatoms. The molecule has 0 aromatic rings. The number of nitrogens with zero attached hydrogens (tertiary/aromatic N) is 1. The van der Waals surface area contributed by atoms with Crippen molar-refractivity contribution in [3.63, 3.8) is 0 Å². The summed E-state index contributed by atoms with van der Waals surface area (Å²) in [6.07, 6.45) is 3.62. The third-order valence-electron chi connectivity index (χ3n) is 1.00. The Morgan fingerprint density at radius 2 is 2.20 bits per heavy atom. The molecule has 0 aliphatic carbocycles. The molecule has 0 aromatic heterocycles. The molecule has 0 unspecified atom stereocenters. The Morgan fingerprint density at radius 3 is 2.60 bits per heavy atom. The molecule has 0 radical (unpaired) electrons. The average Bonchev–Trinajstić information content (AvgIpc) is 1.79. The summed E-state index contributed by atoms with van der Waals surface area (Å²) in [4.78, 5) is 11.9. The fourth-order valence-corrected chi connectivity index (χ4v) is 0.517. The lowest BCUT2D eigenvalue weighted by Gasteiger charge is -2.04. The van der Waals surface area contributed by atoms with Crippen LogP contribution in [0.2, 0.25) is 0 Å². The molecule has 0 aromatic carbocycles. The smallest absolute Gasteiger partial charge is 0.327 e. The van der Waals surface area contributed by atoms with E-state index < -0.39 is 5.97 Å². The molecular formula is C7H13NO2. The Kier molecular flexibility index (Phi) is 4.58. The van der Waals surface area contributed by atoms with Gasteiger partial charge < -0.3 is 10.0 Å². The standard InChI is InChI=1S/C7H13NO2/c1-8(2)6-4-3-5-7(9)10/h3,5H,4,6H2,1-2H3,(H,9,10)/b5-3+. The first-order chi connectivity index (χ1) is 4.63. The normalized spacial score (nSPS) is 11.1. The van der Waals surface area contributed by atoms with E-state index in [0.29, 0.717) is 0 Å². The number of carbonyl (C=O) groups is 1. The molecule has 1 N–H and O–H groups in total. The van der Waals surface area contributed by atoms with Gasteiger partial charge in [0.2, 0.25) is 0 Å². The van der Waals surface area contributed by atoms with Crippen molar-refractivity contribution < 1.29 is 9.90 Å². The second-order valence-corrected chi connectivity index (χ2v) is 2.33. The molecule has 0 atom stereocenters. The summed E-state index contributed by atoms with van der Waals surface area (Å²) < 4.78 is 0. The number of carboxylic acid groups (broad SMARTS) is 1. The van der Waals surface area contributed by atoms with E-state index in [1.165, 1.54) is 6.08 Å². The van der Waals surface area contributed by atoms with Crippen LogP contribution in [0.15, 0.2) is 12.2 Å². The van der Waals surface area contributed by atoms with E-state index in [2.05, 4.69) is 0 Å². The van der Waals surface area contributed by atoms with Crippen molar-refractivity contribution in [2.75, 3.05) is 20.6 Å². The van der Waals surface area contributed by atoms with Crippen LogP contribution in [0.1, 0.15) is 6.42 Å². The molecule has 0 bridgehead atoms. The quantitative estimate of drug-likeness (QED) is 0.585. The summed E-state index contributed by atoms with van der Waals surface area (Å²) in [6.45, 7) is 0.893. The highest BCUT2D eigenvalue weighted by molar-refractivity contribution is 5.79. The Bertz CT molecular complexity index is 130. The van der Waals surface area contributed by atoms with Gasteiger partial charge in [-0.3, -0.25) is 0 Å². The Hall–Kier alpha value is -0.830. The van der Waals surface area contributed by atoms with Crippen molar-refractivity contribution in [1.29, 1.82) is 0 Å². The number of rotatable bonds is 4. The minimum atomic E-state index is -0.876. The van der Waals surface area contributed by atoms with E-state index in [9.17, 15) is 4.79 Å². The fourth-order valence-electron chi connectivity index (χ4n) is 0.517. The lowest BCUT2D eigenvalue weighted by molar-refractivity contribution is -0.131. The second kappa shape index (κ2) is 4.99. The van der Waals surface area contributed by atoms with Gasteiger partial charge in [0.05, 0.1) is 0 Å². The maximum Gasteiger partial charge on any atom is 0.327 e. The van der Waals surface area contributed by atoms with Crippen molar-refractivity contribution in [2.45, 2.75) is 6.42 Å². The zero-order valence-electron chi connectivity index (χ0n) is 6.37. The first kappa shape index (κ1) is 9.17. The molecule has 3 nitrogen and oxygen atoms in total. The highest BCUT2D eigenvalue weighted by Crippen LogP contribution is 1.84. The largest absolute Gasteiger partial charge is 0.478 e. The van der Waals surface area contributed by atoms with E-state index in [0.717, 1.165) is 13.0 Å². The first-order valence-electron chi connectivity index (χ1n) is 3.17. The number of hydrogen-bond acceptors (Lipinski definition) is 2. The van der Waals surface area contributed by atoms with Crippen LogP contribution in [0.5, 0.6) is 0 Å². The lowest BCUT2D eigenvalue weighted by Crippen LogP contribution is -2.11. The minimum absolute atomic E-state index is 0.791. The summed E-state index contributed by atoms with van der Waals surface area (Å²) in [7, 11) is 3.91. The van der Waals surface area contributed by atoms with Gasteiger partial charge in [-0.1, -0.05) is 6.08 Å². The number of aliphatic carboxylic acids is 1. The highest BCUT2D eigenvalue weighted by atomic mass is 16.4. The van der Waals surface area contributed by atoms with Crippen molar-refractivity contribution in [2.24, 2.45) is 0 Å². The van der Waals surface area contributed by atoms with Gasteiger partial charge in [-0.15, -0.1) is 0 Å². The van der Waals surface area contributed by atoms with E-state index in [4.69, 9.17) is 5.11 Å². The van der Waals surface area contributed by atoms with Gasteiger partial charge in [0.15, 0.2) is 0 Å².